The SMILES string of the molecule is Cc1nsc(NC(=O)c2ccc(S(=O)(=O)c3ccc(Cl)cc3)o2)n1. The lowest BCUT2D eigenvalue weighted by molar-refractivity contribution is 0.0991. The minimum absolute atomic E-state index is 0.0213. The third-order valence-corrected chi connectivity index (χ3v) is 5.56. The Kier molecular flexibility index (Phi) is 4.39. The molecule has 2 aromatic heterocycles. The molecule has 0 aliphatic heterocycles. The van der Waals surface area contributed by atoms with Gasteiger partial charge in [-0.25, -0.2) is 13.4 Å². The highest BCUT2D eigenvalue weighted by Crippen LogP contribution is 2.24. The minimum atomic E-state index is -3.87. The Morgan fingerprint density at radius 3 is 2.54 bits per heavy atom. The summed E-state index contributed by atoms with van der Waals surface area (Å²) < 4.78 is 34.0. The molecule has 0 atom stereocenters. The van der Waals surface area contributed by atoms with Gasteiger partial charge in [0.1, 0.15) is 5.82 Å². The number of hydrogen-bond acceptors (Lipinski definition) is 7. The van der Waals surface area contributed by atoms with Crippen LogP contribution in [0.25, 0.3) is 0 Å². The first-order valence-corrected chi connectivity index (χ1v) is 9.22. The van der Waals surface area contributed by atoms with Crippen molar-refractivity contribution in [1.82, 2.24) is 9.36 Å². The largest absolute Gasteiger partial charge is 0.439 e. The second kappa shape index (κ2) is 6.34. The van der Waals surface area contributed by atoms with Crippen molar-refractivity contribution in [3.8, 4) is 0 Å². The van der Waals surface area contributed by atoms with Gasteiger partial charge in [-0.3, -0.25) is 10.1 Å². The Morgan fingerprint density at radius 2 is 1.92 bits per heavy atom. The fourth-order valence-corrected chi connectivity index (χ4v) is 3.69. The molecule has 0 unspecified atom stereocenters. The zero-order valence-corrected chi connectivity index (χ0v) is 14.6. The van der Waals surface area contributed by atoms with E-state index in [0.29, 0.717) is 16.0 Å². The normalized spacial score (nSPS) is 11.4. The molecule has 0 bridgehead atoms. The van der Waals surface area contributed by atoms with Crippen molar-refractivity contribution >= 4 is 44.0 Å². The number of benzene rings is 1. The summed E-state index contributed by atoms with van der Waals surface area (Å²) >= 11 is 6.77. The van der Waals surface area contributed by atoms with Gasteiger partial charge in [-0.2, -0.15) is 4.37 Å². The second-order valence-electron chi connectivity index (χ2n) is 4.68. The fourth-order valence-electron chi connectivity index (χ4n) is 1.82. The third kappa shape index (κ3) is 3.32. The van der Waals surface area contributed by atoms with Crippen LogP contribution in [-0.2, 0) is 9.84 Å². The van der Waals surface area contributed by atoms with E-state index in [2.05, 4.69) is 14.7 Å². The van der Waals surface area contributed by atoms with Gasteiger partial charge in [-0.1, -0.05) is 11.6 Å². The van der Waals surface area contributed by atoms with Crippen molar-refractivity contribution in [2.75, 3.05) is 5.32 Å². The Hall–Kier alpha value is -2.23. The molecule has 0 saturated heterocycles. The van der Waals surface area contributed by atoms with Gasteiger partial charge in [-0.05, 0) is 43.3 Å². The summed E-state index contributed by atoms with van der Waals surface area (Å²) in [7, 11) is -3.87. The molecule has 0 aliphatic rings. The standard InChI is InChI=1S/C14H10ClN3O4S2/c1-8-16-14(23-18-8)17-13(19)11-6-7-12(22-11)24(20,21)10-4-2-9(15)3-5-10/h2-7H,1H3,(H,16,17,18,19). The van der Waals surface area contributed by atoms with E-state index in [9.17, 15) is 13.2 Å². The first-order valence-electron chi connectivity index (χ1n) is 6.58. The van der Waals surface area contributed by atoms with Gasteiger partial charge in [-0.15, -0.1) is 0 Å². The van der Waals surface area contributed by atoms with Crippen LogP contribution in [0.4, 0.5) is 5.13 Å². The number of amides is 1. The third-order valence-electron chi connectivity index (χ3n) is 2.94. The Bertz CT molecular complexity index is 993. The molecular formula is C14H10ClN3O4S2. The van der Waals surface area contributed by atoms with Crippen LogP contribution in [0.2, 0.25) is 5.02 Å². The number of sulfone groups is 1. The number of anilines is 1. The Morgan fingerprint density at radius 1 is 1.21 bits per heavy atom. The van der Waals surface area contributed by atoms with Crippen LogP contribution >= 0.6 is 23.1 Å². The van der Waals surface area contributed by atoms with E-state index in [1.165, 1.54) is 36.4 Å². The van der Waals surface area contributed by atoms with E-state index >= 15 is 0 Å². The molecule has 1 aromatic carbocycles. The lowest BCUT2D eigenvalue weighted by Crippen LogP contribution is -2.10. The molecule has 24 heavy (non-hydrogen) atoms. The van der Waals surface area contributed by atoms with E-state index in [0.717, 1.165) is 11.5 Å². The maximum atomic E-state index is 12.5. The smallest absolute Gasteiger partial charge is 0.293 e. The van der Waals surface area contributed by atoms with Gasteiger partial charge in [0.25, 0.3) is 5.91 Å². The maximum absolute atomic E-state index is 12.5. The number of nitrogens with one attached hydrogen (secondary N) is 1. The molecule has 1 amide bonds. The summed E-state index contributed by atoms with van der Waals surface area (Å²) in [6.45, 7) is 1.69. The lowest BCUT2D eigenvalue weighted by atomic mass is 10.4. The average molecular weight is 384 g/mol. The topological polar surface area (TPSA) is 102 Å². The predicted octanol–water partition coefficient (Wildman–Crippen LogP) is 3.18. The number of carbonyl (C=O) groups is 1. The number of furan rings is 1. The zero-order chi connectivity index (χ0) is 17.3. The van der Waals surface area contributed by atoms with Crippen LogP contribution in [0.15, 0.2) is 50.8 Å². The van der Waals surface area contributed by atoms with Crippen LogP contribution < -0.4 is 5.32 Å². The number of carbonyl (C=O) groups excluding carboxylic acids is 1. The number of rotatable bonds is 4. The van der Waals surface area contributed by atoms with E-state index in [4.69, 9.17) is 16.0 Å². The molecular weight excluding hydrogens is 374 g/mol. The van der Waals surface area contributed by atoms with Gasteiger partial charge in [0.15, 0.2) is 5.76 Å². The molecule has 1 N–H and O–H groups in total. The number of nitrogens with zero attached hydrogens (tertiary/aromatic N) is 2. The number of aryl methyl sites for hydroxylation is 1. The van der Waals surface area contributed by atoms with Crippen LogP contribution in [-0.4, -0.2) is 23.7 Å². The highest BCUT2D eigenvalue weighted by molar-refractivity contribution is 7.91. The van der Waals surface area contributed by atoms with E-state index < -0.39 is 15.7 Å². The van der Waals surface area contributed by atoms with Gasteiger partial charge in [0, 0.05) is 16.6 Å². The number of hydrogen-bond donors (Lipinski definition) is 1. The molecule has 3 aromatic rings. The van der Waals surface area contributed by atoms with Gasteiger partial charge in [0.2, 0.25) is 20.1 Å². The van der Waals surface area contributed by atoms with Crippen molar-refractivity contribution in [2.45, 2.75) is 16.9 Å². The maximum Gasteiger partial charge on any atom is 0.293 e. The zero-order valence-electron chi connectivity index (χ0n) is 12.2. The summed E-state index contributed by atoms with van der Waals surface area (Å²) in [6, 6.07) is 8.16. The van der Waals surface area contributed by atoms with Crippen molar-refractivity contribution in [2.24, 2.45) is 0 Å². The first kappa shape index (κ1) is 16.6. The van der Waals surface area contributed by atoms with Crippen LogP contribution in [0.1, 0.15) is 16.4 Å². The quantitative estimate of drug-likeness (QED) is 0.742. The van der Waals surface area contributed by atoms with Crippen LogP contribution in [0.3, 0.4) is 0 Å². The van der Waals surface area contributed by atoms with Gasteiger partial charge >= 0.3 is 0 Å². The summed E-state index contributed by atoms with van der Waals surface area (Å²) in [4.78, 5) is 16.1. The monoisotopic (exact) mass is 383 g/mol. The van der Waals surface area contributed by atoms with Crippen molar-refractivity contribution in [3.63, 3.8) is 0 Å². The molecule has 0 aliphatic carbocycles. The summed E-state index contributed by atoms with van der Waals surface area (Å²) in [5.41, 5.74) is 0. The molecule has 7 nitrogen and oxygen atoms in total. The fraction of sp³-hybridized carbons (Fsp3) is 0.0714. The van der Waals surface area contributed by atoms with E-state index in [1.54, 1.807) is 6.92 Å². The van der Waals surface area contributed by atoms with Gasteiger partial charge < -0.3 is 4.42 Å². The summed E-state index contributed by atoms with van der Waals surface area (Å²) in [5.74, 6) is -0.222. The van der Waals surface area contributed by atoms with E-state index in [1.807, 2.05) is 0 Å². The molecule has 124 valence electrons. The highest BCUT2D eigenvalue weighted by Gasteiger charge is 2.24. The average Bonchev–Trinajstić information content (AvgIpc) is 3.17. The molecule has 3 rings (SSSR count). The first-order chi connectivity index (χ1) is 11.4. The predicted molar refractivity (Wildman–Crippen MR) is 88.2 cm³/mol. The Balaban J connectivity index is 1.84. The summed E-state index contributed by atoms with van der Waals surface area (Å²) in [6.07, 6.45) is 0. The highest BCUT2D eigenvalue weighted by atomic mass is 35.5. The molecule has 0 spiro atoms. The van der Waals surface area contributed by atoms with E-state index in [-0.39, 0.29) is 15.7 Å². The molecule has 0 radical (unpaired) electrons. The van der Waals surface area contributed by atoms with Crippen LogP contribution in [0.5, 0.6) is 0 Å². The Labute approximate surface area is 146 Å². The molecule has 0 fully saturated rings. The van der Waals surface area contributed by atoms with Crippen molar-refractivity contribution in [1.29, 1.82) is 0 Å². The second-order valence-corrected chi connectivity index (χ2v) is 7.75. The number of aromatic nitrogens is 2. The van der Waals surface area contributed by atoms with Crippen molar-refractivity contribution in [3.05, 3.63) is 53.0 Å². The summed E-state index contributed by atoms with van der Waals surface area (Å²) in [5, 5.41) is 2.88. The van der Waals surface area contributed by atoms with Gasteiger partial charge in [0.05, 0.1) is 4.90 Å². The van der Waals surface area contributed by atoms with Crippen LogP contribution in [0, 0.1) is 6.92 Å². The molecule has 2 heterocycles. The minimum Gasteiger partial charge on any atom is -0.439 e. The lowest BCUT2D eigenvalue weighted by Gasteiger charge is -2.01. The molecule has 0 saturated carbocycles. The molecule has 10 heteroatoms. The van der Waals surface area contributed by atoms with Crippen molar-refractivity contribution < 1.29 is 17.6 Å². The number of halogens is 1.